The summed E-state index contributed by atoms with van der Waals surface area (Å²) in [6, 6.07) is 6.20. The summed E-state index contributed by atoms with van der Waals surface area (Å²) in [5, 5.41) is 15.4. The molecule has 38 heavy (non-hydrogen) atoms. The Morgan fingerprint density at radius 3 is 2.76 bits per heavy atom. The number of nitrogens with zero attached hydrogens (tertiary/aromatic N) is 6. The Bertz CT molecular complexity index is 1580. The number of halogens is 2. The van der Waals surface area contributed by atoms with Gasteiger partial charge in [0.05, 0.1) is 36.2 Å². The Hall–Kier alpha value is -4.03. The molecular weight excluding hydrogens is 498 g/mol. The number of hydrogen-bond donors (Lipinski definition) is 1. The third-order valence-corrected chi connectivity index (χ3v) is 7.73. The molecule has 2 aliphatic heterocycles. The van der Waals surface area contributed by atoms with E-state index in [-0.39, 0.29) is 30.2 Å². The van der Waals surface area contributed by atoms with Crippen molar-refractivity contribution in [2.24, 2.45) is 0 Å². The second-order valence-electron chi connectivity index (χ2n) is 9.85. The maximum absolute atomic E-state index is 13.3. The third kappa shape index (κ3) is 3.33. The van der Waals surface area contributed by atoms with Crippen molar-refractivity contribution in [2.75, 3.05) is 20.3 Å². The second-order valence-corrected chi connectivity index (χ2v) is 9.85. The molecule has 0 saturated carbocycles. The number of fused-ring (bicyclic) bond motifs is 9. The van der Waals surface area contributed by atoms with Crippen LogP contribution in [0.3, 0.4) is 0 Å². The van der Waals surface area contributed by atoms with E-state index in [2.05, 4.69) is 15.0 Å². The fraction of sp³-hybridized carbons (Fsp3) is 0.346. The minimum Gasteiger partial charge on any atom is -0.434 e. The number of carbonyl (C=O) groups excluding carboxylic acids is 1. The highest BCUT2D eigenvalue weighted by molar-refractivity contribution is 5.98. The van der Waals surface area contributed by atoms with E-state index in [1.807, 2.05) is 6.07 Å². The van der Waals surface area contributed by atoms with Crippen LogP contribution in [0.1, 0.15) is 57.8 Å². The minimum atomic E-state index is -3.02. The van der Waals surface area contributed by atoms with Gasteiger partial charge in [-0.2, -0.15) is 13.9 Å². The molecule has 0 radical (unpaired) electrons. The number of aliphatic hydroxyl groups is 1. The lowest BCUT2D eigenvalue weighted by atomic mass is 9.88. The van der Waals surface area contributed by atoms with Gasteiger partial charge in [0, 0.05) is 54.0 Å². The molecule has 2 bridgehead atoms. The zero-order valence-corrected chi connectivity index (χ0v) is 20.2. The summed E-state index contributed by atoms with van der Waals surface area (Å²) in [5.41, 5.74) is 3.10. The van der Waals surface area contributed by atoms with Gasteiger partial charge >= 0.3 is 6.61 Å². The second kappa shape index (κ2) is 8.23. The standard InChI is InChI=1S/C26H22F2N6O4/c1-33-18-7-15(20-14(23(33)35)3-2-4-19(20)38-25(27)28)21-17-8-16(31-12-34(17)32-22(18)21)13-9-29-24(30-10-13)26(36)5-6-37-11-26/h2-4,8-10,12,15,18,25,36H,5-7,11H2,1H3. The summed E-state index contributed by atoms with van der Waals surface area (Å²) in [5.74, 6) is -0.354. The van der Waals surface area contributed by atoms with Crippen LogP contribution in [0.2, 0.25) is 0 Å². The molecule has 1 N–H and O–H groups in total. The zero-order chi connectivity index (χ0) is 26.2. The van der Waals surface area contributed by atoms with Gasteiger partial charge in [0.2, 0.25) is 0 Å². The van der Waals surface area contributed by atoms with Gasteiger partial charge in [-0.15, -0.1) is 0 Å². The van der Waals surface area contributed by atoms with E-state index in [1.165, 1.54) is 6.07 Å². The summed E-state index contributed by atoms with van der Waals surface area (Å²) >= 11 is 0. The first kappa shape index (κ1) is 23.1. The molecule has 3 unspecified atom stereocenters. The molecule has 4 aromatic rings. The lowest BCUT2D eigenvalue weighted by molar-refractivity contribution is -0.0505. The van der Waals surface area contributed by atoms with Gasteiger partial charge in [0.25, 0.3) is 5.91 Å². The minimum absolute atomic E-state index is 0.0100. The normalized spacial score (nSPS) is 24.1. The lowest BCUT2D eigenvalue weighted by Crippen LogP contribution is -2.30. The number of carbonyl (C=O) groups is 1. The summed E-state index contributed by atoms with van der Waals surface area (Å²) < 4.78 is 38.4. The number of aromatic nitrogens is 5. The highest BCUT2D eigenvalue weighted by Gasteiger charge is 2.46. The number of benzene rings is 1. The average Bonchev–Trinajstić information content (AvgIpc) is 3.60. The van der Waals surface area contributed by atoms with Crippen molar-refractivity contribution in [3.8, 4) is 17.0 Å². The largest absolute Gasteiger partial charge is 0.434 e. The Balaban J connectivity index is 1.35. The van der Waals surface area contributed by atoms with Crippen LogP contribution < -0.4 is 4.74 Å². The van der Waals surface area contributed by atoms with E-state index in [1.54, 1.807) is 47.3 Å². The molecule has 1 fully saturated rings. The summed E-state index contributed by atoms with van der Waals surface area (Å²) in [6.07, 6.45) is 5.72. The van der Waals surface area contributed by atoms with Crippen molar-refractivity contribution < 1.29 is 28.2 Å². The highest BCUT2D eigenvalue weighted by Crippen LogP contribution is 2.53. The van der Waals surface area contributed by atoms with E-state index >= 15 is 0 Å². The smallest absolute Gasteiger partial charge is 0.387 e. The molecule has 5 heterocycles. The Morgan fingerprint density at radius 1 is 1.21 bits per heavy atom. The topological polar surface area (TPSA) is 115 Å². The van der Waals surface area contributed by atoms with Gasteiger partial charge in [-0.3, -0.25) is 4.79 Å². The van der Waals surface area contributed by atoms with E-state index in [0.29, 0.717) is 53.4 Å². The molecule has 12 heteroatoms. The first-order valence-electron chi connectivity index (χ1n) is 12.2. The maximum atomic E-state index is 13.3. The highest BCUT2D eigenvalue weighted by atomic mass is 19.3. The number of hydrogen-bond acceptors (Lipinski definition) is 8. The van der Waals surface area contributed by atoms with Crippen LogP contribution in [0.25, 0.3) is 16.8 Å². The zero-order valence-electron chi connectivity index (χ0n) is 20.2. The van der Waals surface area contributed by atoms with E-state index in [9.17, 15) is 18.7 Å². The van der Waals surface area contributed by atoms with Crippen LogP contribution in [0.4, 0.5) is 8.78 Å². The average molecular weight is 520 g/mol. The molecule has 194 valence electrons. The number of alkyl halides is 2. The molecule has 3 aromatic heterocycles. The molecule has 3 aliphatic rings. The molecule has 3 atom stereocenters. The van der Waals surface area contributed by atoms with Gasteiger partial charge < -0.3 is 19.5 Å². The van der Waals surface area contributed by atoms with Crippen molar-refractivity contribution in [1.82, 2.24) is 29.5 Å². The van der Waals surface area contributed by atoms with Gasteiger partial charge in [0.1, 0.15) is 17.7 Å². The Labute approximate surface area is 214 Å². The van der Waals surface area contributed by atoms with Crippen molar-refractivity contribution >= 4 is 11.4 Å². The van der Waals surface area contributed by atoms with Crippen molar-refractivity contribution in [3.63, 3.8) is 0 Å². The molecule has 1 aliphatic carbocycles. The number of rotatable bonds is 4. The predicted molar refractivity (Wildman–Crippen MR) is 128 cm³/mol. The van der Waals surface area contributed by atoms with Crippen LogP contribution in [-0.2, 0) is 10.3 Å². The van der Waals surface area contributed by atoms with Gasteiger partial charge in [-0.25, -0.2) is 19.5 Å². The first-order chi connectivity index (χ1) is 18.3. The monoisotopic (exact) mass is 520 g/mol. The predicted octanol–water partition coefficient (Wildman–Crippen LogP) is 3.06. The molecule has 1 amide bonds. The molecule has 10 nitrogen and oxygen atoms in total. The van der Waals surface area contributed by atoms with Crippen LogP contribution in [0, 0.1) is 0 Å². The van der Waals surface area contributed by atoms with Crippen LogP contribution in [0.5, 0.6) is 5.75 Å². The fourth-order valence-corrected chi connectivity index (χ4v) is 5.86. The Morgan fingerprint density at radius 2 is 2.03 bits per heavy atom. The van der Waals surface area contributed by atoms with Crippen molar-refractivity contribution in [2.45, 2.75) is 37.0 Å². The summed E-state index contributed by atoms with van der Waals surface area (Å²) in [6.45, 7) is -2.43. The number of amides is 1. The maximum Gasteiger partial charge on any atom is 0.387 e. The fourth-order valence-electron chi connectivity index (χ4n) is 5.86. The van der Waals surface area contributed by atoms with Crippen LogP contribution in [0.15, 0.2) is 43.0 Å². The SMILES string of the molecule is CN1C(=O)c2cccc(OC(F)F)c2C2CC1c1nn3cnc(-c4cnc(C5(O)CCOC5)nc4)cc3c12. The summed E-state index contributed by atoms with van der Waals surface area (Å²) in [4.78, 5) is 28.1. The molecule has 7 rings (SSSR count). The molecular formula is C26H22F2N6O4. The van der Waals surface area contributed by atoms with Gasteiger partial charge in [-0.1, -0.05) is 6.07 Å². The van der Waals surface area contributed by atoms with Crippen LogP contribution in [-0.4, -0.2) is 67.4 Å². The lowest BCUT2D eigenvalue weighted by Gasteiger charge is -2.23. The Kier molecular flexibility index (Phi) is 5.01. The van der Waals surface area contributed by atoms with E-state index < -0.39 is 12.2 Å². The quantitative estimate of drug-likeness (QED) is 0.437. The van der Waals surface area contributed by atoms with E-state index in [4.69, 9.17) is 14.6 Å². The third-order valence-electron chi connectivity index (χ3n) is 7.73. The first-order valence-corrected chi connectivity index (χ1v) is 12.2. The van der Waals surface area contributed by atoms with Crippen molar-refractivity contribution in [1.29, 1.82) is 0 Å². The van der Waals surface area contributed by atoms with Gasteiger partial charge in [-0.05, 0) is 24.6 Å². The molecule has 1 aromatic carbocycles. The number of ether oxygens (including phenoxy) is 2. The molecule has 1 saturated heterocycles. The van der Waals surface area contributed by atoms with Gasteiger partial charge in [0.15, 0.2) is 5.82 Å². The molecule has 0 spiro atoms. The van der Waals surface area contributed by atoms with E-state index in [0.717, 1.165) is 11.1 Å². The van der Waals surface area contributed by atoms with Crippen LogP contribution >= 0.6 is 0 Å². The summed E-state index contributed by atoms with van der Waals surface area (Å²) in [7, 11) is 1.70. The van der Waals surface area contributed by atoms with Crippen molar-refractivity contribution in [3.05, 3.63) is 71.2 Å².